The van der Waals surface area contributed by atoms with Crippen molar-refractivity contribution in [2.24, 2.45) is 0 Å². The standard InChI is InChI=1S/C53H91NO5/c1-4-7-10-13-16-19-22-25-28-30-33-36-39-42-45-51(56)50(48-55)54-52(57)47-49(44-41-38-35-32-29-26-23-20-17-14-11-8-5-2)59-53(58)46-43-40-37-34-31-27-24-21-18-15-12-9-6-3/h8,11,14,17,20,23,26-27,29,31-32,35,37,40,49-51,55-56H,4-7,9-10,12-13,15-16,18-19,21-22,24-25,28,30,33-34,36,38-39,41-48H2,1-3H3,(H,54,57)/b11-8+,17-14+,23-20-,29-26-,31-27-,35-32+,40-37+. The number of ether oxygens (including phenoxy) is 1. The normalized spacial score (nSPS) is 14.1. The number of carbonyl (C=O) groups is 2. The monoisotopic (exact) mass is 822 g/mol. The molecule has 0 saturated carbocycles. The second-order valence-corrected chi connectivity index (χ2v) is 16.2. The first-order valence-electron chi connectivity index (χ1n) is 24.4. The highest BCUT2D eigenvalue weighted by Crippen LogP contribution is 2.16. The zero-order valence-electron chi connectivity index (χ0n) is 38.4. The third kappa shape index (κ3) is 41.6. The lowest BCUT2D eigenvalue weighted by Crippen LogP contribution is -2.46. The van der Waals surface area contributed by atoms with Crippen molar-refractivity contribution in [1.29, 1.82) is 0 Å². The summed E-state index contributed by atoms with van der Waals surface area (Å²) >= 11 is 0. The van der Waals surface area contributed by atoms with Gasteiger partial charge in [-0.25, -0.2) is 0 Å². The van der Waals surface area contributed by atoms with Crippen molar-refractivity contribution < 1.29 is 24.5 Å². The molecule has 59 heavy (non-hydrogen) atoms. The first-order chi connectivity index (χ1) is 29.0. The summed E-state index contributed by atoms with van der Waals surface area (Å²) in [5, 5.41) is 23.7. The van der Waals surface area contributed by atoms with E-state index in [2.05, 4.69) is 56.5 Å². The Balaban J connectivity index is 4.76. The van der Waals surface area contributed by atoms with Crippen molar-refractivity contribution in [3.63, 3.8) is 0 Å². The lowest BCUT2D eigenvalue weighted by atomic mass is 10.0. The Kier molecular flexibility index (Phi) is 43.8. The lowest BCUT2D eigenvalue weighted by molar-refractivity contribution is -0.150. The molecule has 0 heterocycles. The Labute approximate surface area is 363 Å². The minimum absolute atomic E-state index is 0.00241. The second-order valence-electron chi connectivity index (χ2n) is 16.2. The van der Waals surface area contributed by atoms with Crippen LogP contribution in [0.2, 0.25) is 0 Å². The first-order valence-corrected chi connectivity index (χ1v) is 24.4. The molecule has 0 bridgehead atoms. The van der Waals surface area contributed by atoms with Gasteiger partial charge < -0.3 is 20.3 Å². The van der Waals surface area contributed by atoms with Crippen LogP contribution in [0.15, 0.2) is 85.1 Å². The number of amides is 1. The zero-order valence-corrected chi connectivity index (χ0v) is 38.4. The molecule has 1 amide bonds. The minimum Gasteiger partial charge on any atom is -0.462 e. The molecular weight excluding hydrogens is 731 g/mol. The number of hydrogen-bond acceptors (Lipinski definition) is 5. The maximum Gasteiger partial charge on any atom is 0.306 e. The Morgan fingerprint density at radius 1 is 0.525 bits per heavy atom. The van der Waals surface area contributed by atoms with Gasteiger partial charge in [-0.3, -0.25) is 9.59 Å². The summed E-state index contributed by atoms with van der Waals surface area (Å²) in [6.45, 7) is 6.28. The Morgan fingerprint density at radius 2 is 1.00 bits per heavy atom. The van der Waals surface area contributed by atoms with Crippen LogP contribution in [-0.2, 0) is 14.3 Å². The van der Waals surface area contributed by atoms with Crippen LogP contribution in [0.4, 0.5) is 0 Å². The number of aliphatic hydroxyl groups excluding tert-OH is 2. The number of aliphatic hydroxyl groups is 2. The van der Waals surface area contributed by atoms with E-state index < -0.39 is 18.2 Å². The van der Waals surface area contributed by atoms with Crippen molar-refractivity contribution >= 4 is 11.9 Å². The smallest absolute Gasteiger partial charge is 0.306 e. The molecule has 0 aliphatic rings. The predicted molar refractivity (Wildman–Crippen MR) is 254 cm³/mol. The summed E-state index contributed by atoms with van der Waals surface area (Å²) in [6, 6.07) is -0.738. The third-order valence-electron chi connectivity index (χ3n) is 10.6. The molecule has 0 rings (SSSR count). The predicted octanol–water partition coefficient (Wildman–Crippen LogP) is 14.4. The molecule has 6 nitrogen and oxygen atoms in total. The average Bonchev–Trinajstić information content (AvgIpc) is 3.23. The van der Waals surface area contributed by atoms with E-state index in [9.17, 15) is 19.8 Å². The molecule has 3 N–H and O–H groups in total. The molecular formula is C53H91NO5. The first kappa shape index (κ1) is 56.0. The van der Waals surface area contributed by atoms with Gasteiger partial charge in [-0.05, 0) is 57.8 Å². The van der Waals surface area contributed by atoms with Crippen LogP contribution in [0, 0.1) is 0 Å². The van der Waals surface area contributed by atoms with Crippen LogP contribution in [-0.4, -0.2) is 46.9 Å². The van der Waals surface area contributed by atoms with Crippen LogP contribution in [0.5, 0.6) is 0 Å². The van der Waals surface area contributed by atoms with Gasteiger partial charge in [-0.2, -0.15) is 0 Å². The molecule has 0 fully saturated rings. The summed E-state index contributed by atoms with van der Waals surface area (Å²) in [6.07, 6.45) is 59.4. The van der Waals surface area contributed by atoms with E-state index >= 15 is 0 Å². The van der Waals surface area contributed by atoms with Crippen molar-refractivity contribution in [3.8, 4) is 0 Å². The number of hydrogen-bond donors (Lipinski definition) is 3. The number of carbonyl (C=O) groups excluding carboxylic acids is 2. The maximum atomic E-state index is 13.1. The molecule has 3 atom stereocenters. The van der Waals surface area contributed by atoms with Gasteiger partial charge in [0.05, 0.1) is 25.2 Å². The summed E-state index contributed by atoms with van der Waals surface area (Å²) in [4.78, 5) is 26.0. The van der Waals surface area contributed by atoms with Crippen LogP contribution in [0.3, 0.4) is 0 Å². The summed E-state index contributed by atoms with van der Waals surface area (Å²) in [5.41, 5.74) is 0. The van der Waals surface area contributed by atoms with Gasteiger partial charge >= 0.3 is 5.97 Å². The number of nitrogens with one attached hydrogen (secondary N) is 1. The molecule has 0 aromatic rings. The largest absolute Gasteiger partial charge is 0.462 e. The summed E-state index contributed by atoms with van der Waals surface area (Å²) in [7, 11) is 0. The van der Waals surface area contributed by atoms with Gasteiger partial charge in [0.1, 0.15) is 6.10 Å². The van der Waals surface area contributed by atoms with Crippen molar-refractivity contribution in [3.05, 3.63) is 85.1 Å². The molecule has 6 heteroatoms. The molecule has 338 valence electrons. The van der Waals surface area contributed by atoms with Crippen molar-refractivity contribution in [2.75, 3.05) is 6.61 Å². The minimum atomic E-state index is -0.818. The molecule has 0 aromatic heterocycles. The van der Waals surface area contributed by atoms with Crippen LogP contribution >= 0.6 is 0 Å². The SMILES string of the molecule is CC/C=C/C=C/C=C\C=C/C=C/CCCC(CC(=O)NC(CO)C(O)CCCCCCCCCCCCCCCC)OC(=O)CC/C=C/C/C=C\CCCCCCCC. The van der Waals surface area contributed by atoms with E-state index in [1.54, 1.807) is 0 Å². The lowest BCUT2D eigenvalue weighted by Gasteiger charge is -2.24. The van der Waals surface area contributed by atoms with Gasteiger partial charge in [0.15, 0.2) is 0 Å². The Morgan fingerprint density at radius 3 is 1.54 bits per heavy atom. The zero-order chi connectivity index (χ0) is 43.1. The van der Waals surface area contributed by atoms with Crippen LogP contribution in [0.1, 0.15) is 213 Å². The molecule has 0 radical (unpaired) electrons. The van der Waals surface area contributed by atoms with Gasteiger partial charge in [-0.15, -0.1) is 0 Å². The number of allylic oxidation sites excluding steroid dienone is 14. The molecule has 0 aliphatic carbocycles. The highest BCUT2D eigenvalue weighted by atomic mass is 16.5. The molecule has 0 spiro atoms. The molecule has 0 aliphatic heterocycles. The average molecular weight is 822 g/mol. The number of esters is 1. The molecule has 0 saturated heterocycles. The van der Waals surface area contributed by atoms with Crippen LogP contribution in [0.25, 0.3) is 0 Å². The van der Waals surface area contributed by atoms with Crippen molar-refractivity contribution in [2.45, 2.75) is 232 Å². The fourth-order valence-electron chi connectivity index (χ4n) is 6.92. The van der Waals surface area contributed by atoms with Crippen molar-refractivity contribution in [1.82, 2.24) is 5.32 Å². The second kappa shape index (κ2) is 46.1. The van der Waals surface area contributed by atoms with E-state index in [1.807, 2.05) is 54.7 Å². The number of rotatable bonds is 42. The van der Waals surface area contributed by atoms with E-state index in [-0.39, 0.29) is 31.3 Å². The van der Waals surface area contributed by atoms with Gasteiger partial charge in [0, 0.05) is 6.42 Å². The topological polar surface area (TPSA) is 95.9 Å². The van der Waals surface area contributed by atoms with E-state index in [0.29, 0.717) is 19.3 Å². The Hall–Kier alpha value is -2.96. The summed E-state index contributed by atoms with van der Waals surface area (Å²) < 4.78 is 5.84. The quantitative estimate of drug-likeness (QED) is 0.0247. The maximum absolute atomic E-state index is 13.1. The van der Waals surface area contributed by atoms with Gasteiger partial charge in [0.25, 0.3) is 0 Å². The Bertz CT molecular complexity index is 1150. The fraction of sp³-hybridized carbons (Fsp3) is 0.698. The van der Waals surface area contributed by atoms with Crippen LogP contribution < -0.4 is 5.32 Å². The summed E-state index contributed by atoms with van der Waals surface area (Å²) in [5.74, 6) is -0.633. The highest BCUT2D eigenvalue weighted by Gasteiger charge is 2.23. The molecule has 0 aromatic carbocycles. The van der Waals surface area contributed by atoms with Gasteiger partial charge in [-0.1, -0.05) is 228 Å². The molecule has 3 unspecified atom stereocenters. The third-order valence-corrected chi connectivity index (χ3v) is 10.6. The van der Waals surface area contributed by atoms with E-state index in [1.165, 1.54) is 109 Å². The van der Waals surface area contributed by atoms with Gasteiger partial charge in [0.2, 0.25) is 5.91 Å². The highest BCUT2D eigenvalue weighted by molar-refractivity contribution is 5.77. The van der Waals surface area contributed by atoms with E-state index in [0.717, 1.165) is 51.4 Å². The fourth-order valence-corrected chi connectivity index (χ4v) is 6.92. The van der Waals surface area contributed by atoms with E-state index in [4.69, 9.17) is 4.74 Å². The number of unbranched alkanes of at least 4 members (excludes halogenated alkanes) is 20.